The molecular formula is C18H24N2O4. The average molecular weight is 332 g/mol. The number of aromatic carboxylic acids is 1. The topological polar surface area (TPSA) is 95.5 Å². The van der Waals surface area contributed by atoms with Crippen LogP contribution in [0.4, 0.5) is 0 Å². The van der Waals surface area contributed by atoms with Crippen LogP contribution in [0.2, 0.25) is 0 Å². The van der Waals surface area contributed by atoms with Crippen molar-refractivity contribution in [3.8, 4) is 0 Å². The van der Waals surface area contributed by atoms with E-state index >= 15 is 0 Å². The van der Waals surface area contributed by atoms with Crippen molar-refractivity contribution >= 4 is 17.8 Å². The number of carbonyl (C=O) groups excluding carboxylic acids is 2. The van der Waals surface area contributed by atoms with Gasteiger partial charge in [-0.3, -0.25) is 9.59 Å². The summed E-state index contributed by atoms with van der Waals surface area (Å²) in [6.45, 7) is 0. The second-order valence-electron chi connectivity index (χ2n) is 6.19. The van der Waals surface area contributed by atoms with Crippen molar-refractivity contribution in [1.29, 1.82) is 0 Å². The van der Waals surface area contributed by atoms with Gasteiger partial charge in [-0.15, -0.1) is 0 Å². The fraction of sp³-hybridized carbons (Fsp3) is 0.500. The molecule has 0 radical (unpaired) electrons. The molecule has 1 aromatic rings. The van der Waals surface area contributed by atoms with Crippen molar-refractivity contribution in [2.75, 3.05) is 7.05 Å². The van der Waals surface area contributed by atoms with Crippen LogP contribution in [-0.4, -0.2) is 36.0 Å². The molecule has 130 valence electrons. The molecule has 6 heteroatoms. The van der Waals surface area contributed by atoms with Crippen LogP contribution in [0.1, 0.15) is 48.0 Å². The zero-order chi connectivity index (χ0) is 17.5. The molecule has 0 spiro atoms. The predicted molar refractivity (Wildman–Crippen MR) is 89.7 cm³/mol. The maximum atomic E-state index is 12.1. The Bertz CT molecular complexity index is 607. The summed E-state index contributed by atoms with van der Waals surface area (Å²) in [5.41, 5.74) is 0.917. The van der Waals surface area contributed by atoms with Gasteiger partial charge in [-0.2, -0.15) is 0 Å². The Balaban J connectivity index is 1.79. The average Bonchev–Trinajstić information content (AvgIpc) is 2.60. The second kappa shape index (κ2) is 8.47. The molecule has 0 aliphatic heterocycles. The van der Waals surface area contributed by atoms with E-state index in [1.54, 1.807) is 31.3 Å². The van der Waals surface area contributed by atoms with E-state index in [9.17, 15) is 14.4 Å². The SMILES string of the molecule is CNC(=O)C1CCC(NC(=O)CCc2ccccc2C(=O)O)CC1. The number of amides is 2. The lowest BCUT2D eigenvalue weighted by Gasteiger charge is -2.28. The highest BCUT2D eigenvalue weighted by Gasteiger charge is 2.26. The van der Waals surface area contributed by atoms with Gasteiger partial charge in [0.2, 0.25) is 11.8 Å². The highest BCUT2D eigenvalue weighted by molar-refractivity contribution is 5.89. The van der Waals surface area contributed by atoms with E-state index in [1.807, 2.05) is 0 Å². The minimum atomic E-state index is -0.974. The van der Waals surface area contributed by atoms with E-state index in [2.05, 4.69) is 10.6 Å². The Morgan fingerprint density at radius 3 is 2.42 bits per heavy atom. The molecule has 0 saturated heterocycles. The molecular weight excluding hydrogens is 308 g/mol. The van der Waals surface area contributed by atoms with Crippen LogP contribution in [0, 0.1) is 5.92 Å². The highest BCUT2D eigenvalue weighted by atomic mass is 16.4. The van der Waals surface area contributed by atoms with Crippen LogP contribution in [0.3, 0.4) is 0 Å². The first-order valence-electron chi connectivity index (χ1n) is 8.33. The quantitative estimate of drug-likeness (QED) is 0.739. The van der Waals surface area contributed by atoms with E-state index < -0.39 is 5.97 Å². The third kappa shape index (κ3) is 4.81. The van der Waals surface area contributed by atoms with Crippen LogP contribution in [0.5, 0.6) is 0 Å². The van der Waals surface area contributed by atoms with Crippen molar-refractivity contribution in [2.24, 2.45) is 5.92 Å². The second-order valence-corrected chi connectivity index (χ2v) is 6.19. The van der Waals surface area contributed by atoms with Crippen LogP contribution in [0.25, 0.3) is 0 Å². The van der Waals surface area contributed by atoms with Crippen LogP contribution in [-0.2, 0) is 16.0 Å². The standard InChI is InChI=1S/C18H24N2O4/c1-19-17(22)13-6-9-14(10-7-13)20-16(21)11-8-12-4-2-3-5-15(12)18(23)24/h2-5,13-14H,6-11H2,1H3,(H,19,22)(H,20,21)(H,23,24). The zero-order valence-corrected chi connectivity index (χ0v) is 13.9. The molecule has 1 aliphatic rings. The molecule has 1 fully saturated rings. The van der Waals surface area contributed by atoms with Crippen molar-refractivity contribution in [3.05, 3.63) is 35.4 Å². The molecule has 1 saturated carbocycles. The summed E-state index contributed by atoms with van der Waals surface area (Å²) in [7, 11) is 1.64. The van der Waals surface area contributed by atoms with Crippen LogP contribution in [0.15, 0.2) is 24.3 Å². The third-order valence-corrected chi connectivity index (χ3v) is 4.58. The molecule has 0 heterocycles. The molecule has 0 unspecified atom stereocenters. The lowest BCUT2D eigenvalue weighted by atomic mass is 9.85. The molecule has 3 N–H and O–H groups in total. The van der Waals surface area contributed by atoms with Gasteiger partial charge in [0.15, 0.2) is 0 Å². The Morgan fingerprint density at radius 2 is 1.79 bits per heavy atom. The Hall–Kier alpha value is -2.37. The first-order chi connectivity index (χ1) is 11.5. The Labute approximate surface area is 141 Å². The van der Waals surface area contributed by atoms with Crippen molar-refractivity contribution in [2.45, 2.75) is 44.6 Å². The summed E-state index contributed by atoms with van der Waals surface area (Å²) in [6, 6.07) is 6.85. The number of carboxylic acids is 1. The van der Waals surface area contributed by atoms with Crippen molar-refractivity contribution in [1.82, 2.24) is 10.6 Å². The maximum Gasteiger partial charge on any atom is 0.335 e. The lowest BCUT2D eigenvalue weighted by Crippen LogP contribution is -2.40. The number of rotatable bonds is 6. The fourth-order valence-corrected chi connectivity index (χ4v) is 3.20. The summed E-state index contributed by atoms with van der Waals surface area (Å²) < 4.78 is 0. The van der Waals surface area contributed by atoms with Crippen molar-refractivity contribution in [3.63, 3.8) is 0 Å². The van der Waals surface area contributed by atoms with Crippen molar-refractivity contribution < 1.29 is 19.5 Å². The number of nitrogens with one attached hydrogen (secondary N) is 2. The van der Waals surface area contributed by atoms with Gasteiger partial charge >= 0.3 is 5.97 Å². The third-order valence-electron chi connectivity index (χ3n) is 4.58. The van der Waals surface area contributed by atoms with Gasteiger partial charge in [0.25, 0.3) is 0 Å². The summed E-state index contributed by atoms with van der Waals surface area (Å²) in [6.07, 6.45) is 3.84. The normalized spacial score (nSPS) is 20.2. The van der Waals surface area contributed by atoms with Gasteiger partial charge in [0.1, 0.15) is 0 Å². The molecule has 0 aromatic heterocycles. The van der Waals surface area contributed by atoms with Gasteiger partial charge in [-0.25, -0.2) is 4.79 Å². The smallest absolute Gasteiger partial charge is 0.335 e. The largest absolute Gasteiger partial charge is 0.478 e. The van der Waals surface area contributed by atoms with E-state index in [0.717, 1.165) is 25.7 Å². The van der Waals surface area contributed by atoms with Crippen LogP contribution < -0.4 is 10.6 Å². The zero-order valence-electron chi connectivity index (χ0n) is 13.9. The number of carbonyl (C=O) groups is 3. The summed E-state index contributed by atoms with van der Waals surface area (Å²) in [4.78, 5) is 34.9. The Morgan fingerprint density at radius 1 is 1.12 bits per heavy atom. The lowest BCUT2D eigenvalue weighted by molar-refractivity contribution is -0.125. The molecule has 1 aliphatic carbocycles. The minimum absolute atomic E-state index is 0.0468. The summed E-state index contributed by atoms with van der Waals surface area (Å²) in [5.74, 6) is -0.923. The number of carboxylic acid groups (broad SMARTS) is 1. The van der Waals surface area contributed by atoms with E-state index in [4.69, 9.17) is 5.11 Å². The monoisotopic (exact) mass is 332 g/mol. The van der Waals surface area contributed by atoms with E-state index in [1.165, 1.54) is 0 Å². The van der Waals surface area contributed by atoms with Gasteiger partial charge < -0.3 is 15.7 Å². The van der Waals surface area contributed by atoms with Gasteiger partial charge in [-0.05, 0) is 43.7 Å². The number of hydrogen-bond donors (Lipinski definition) is 3. The van der Waals surface area contributed by atoms with Gasteiger partial charge in [0.05, 0.1) is 5.56 Å². The molecule has 2 amide bonds. The van der Waals surface area contributed by atoms with E-state index in [-0.39, 0.29) is 35.8 Å². The molecule has 1 aromatic carbocycles. The summed E-state index contributed by atoms with van der Waals surface area (Å²) >= 11 is 0. The van der Waals surface area contributed by atoms with Gasteiger partial charge in [-0.1, -0.05) is 18.2 Å². The number of aryl methyl sites for hydroxylation is 1. The molecule has 24 heavy (non-hydrogen) atoms. The van der Waals surface area contributed by atoms with Gasteiger partial charge in [0, 0.05) is 25.4 Å². The first kappa shape index (κ1) is 18.0. The first-order valence-corrected chi connectivity index (χ1v) is 8.33. The molecule has 2 rings (SSSR count). The predicted octanol–water partition coefficient (Wildman–Crippen LogP) is 1.74. The van der Waals surface area contributed by atoms with Crippen LogP contribution >= 0.6 is 0 Å². The molecule has 0 atom stereocenters. The minimum Gasteiger partial charge on any atom is -0.478 e. The highest BCUT2D eigenvalue weighted by Crippen LogP contribution is 2.24. The maximum absolute atomic E-state index is 12.1. The summed E-state index contributed by atoms with van der Waals surface area (Å²) in [5, 5.41) is 14.8. The fourth-order valence-electron chi connectivity index (χ4n) is 3.20. The molecule has 0 bridgehead atoms. The number of hydrogen-bond acceptors (Lipinski definition) is 3. The van der Waals surface area contributed by atoms with E-state index in [0.29, 0.717) is 12.0 Å². The Kier molecular flexibility index (Phi) is 6.35. The molecule has 6 nitrogen and oxygen atoms in total. The number of benzene rings is 1.